The van der Waals surface area contributed by atoms with Gasteiger partial charge in [-0.2, -0.15) is 13.2 Å². The van der Waals surface area contributed by atoms with Crippen LogP contribution in [0.3, 0.4) is 0 Å². The minimum absolute atomic E-state index is 0.252. The summed E-state index contributed by atoms with van der Waals surface area (Å²) in [5.41, 5.74) is -0.188. The molecule has 1 atom stereocenters. The predicted molar refractivity (Wildman–Crippen MR) is 75.3 cm³/mol. The van der Waals surface area contributed by atoms with E-state index in [0.717, 1.165) is 25.6 Å². The zero-order valence-corrected chi connectivity index (χ0v) is 12.2. The molecule has 2 rings (SSSR count). The van der Waals surface area contributed by atoms with Crippen molar-refractivity contribution in [2.45, 2.75) is 38.5 Å². The first-order chi connectivity index (χ1) is 9.27. The Labute approximate surface area is 121 Å². The van der Waals surface area contributed by atoms with Crippen molar-refractivity contribution < 1.29 is 13.2 Å². The Hall–Kier alpha value is -0.940. The molecule has 1 aromatic carbocycles. The first-order valence-electron chi connectivity index (χ1n) is 6.65. The summed E-state index contributed by atoms with van der Waals surface area (Å²) < 4.78 is 38.5. The molecular weight excluding hydrogens is 289 g/mol. The van der Waals surface area contributed by atoms with Crippen LogP contribution in [0.25, 0.3) is 0 Å². The van der Waals surface area contributed by atoms with E-state index in [1.54, 1.807) is 6.07 Å². The topological polar surface area (TPSA) is 15.3 Å². The molecule has 20 heavy (non-hydrogen) atoms. The predicted octanol–water partition coefficient (Wildman–Crippen LogP) is 3.94. The van der Waals surface area contributed by atoms with Gasteiger partial charge in [-0.3, -0.25) is 0 Å². The smallest absolute Gasteiger partial charge is 0.370 e. The second-order valence-electron chi connectivity index (χ2n) is 5.41. The van der Waals surface area contributed by atoms with E-state index in [0.29, 0.717) is 17.8 Å². The van der Waals surface area contributed by atoms with E-state index < -0.39 is 11.7 Å². The molecule has 1 aliphatic heterocycles. The highest BCUT2D eigenvalue weighted by atomic mass is 35.5. The van der Waals surface area contributed by atoms with Crippen LogP contribution in [0.4, 0.5) is 18.9 Å². The highest BCUT2D eigenvalue weighted by Gasteiger charge is 2.34. The van der Waals surface area contributed by atoms with Crippen LogP contribution in [0.5, 0.6) is 0 Å². The molecule has 2 nitrogen and oxygen atoms in total. The number of anilines is 1. The fourth-order valence-electron chi connectivity index (χ4n) is 2.53. The summed E-state index contributed by atoms with van der Waals surface area (Å²) in [6.45, 7) is 5.60. The van der Waals surface area contributed by atoms with Crippen molar-refractivity contribution in [1.29, 1.82) is 0 Å². The molecule has 0 saturated carbocycles. The molecule has 0 spiro atoms. The molecule has 1 unspecified atom stereocenters. The largest absolute Gasteiger partial charge is 0.417 e. The lowest BCUT2D eigenvalue weighted by molar-refractivity contribution is -0.137. The molecule has 1 aromatic rings. The number of hydrogen-bond acceptors (Lipinski definition) is 2. The SMILES string of the molecule is CC(C)NC1CCN(c2ccc(Cl)c(C(F)(F)F)c2)C1. The normalized spacial score (nSPS) is 19.9. The number of nitrogens with zero attached hydrogens (tertiary/aromatic N) is 1. The average Bonchev–Trinajstić information content (AvgIpc) is 2.75. The Morgan fingerprint density at radius 1 is 1.35 bits per heavy atom. The number of rotatable bonds is 3. The molecule has 0 aliphatic carbocycles. The van der Waals surface area contributed by atoms with E-state index >= 15 is 0 Å². The summed E-state index contributed by atoms with van der Waals surface area (Å²) in [6.07, 6.45) is -3.48. The molecule has 1 saturated heterocycles. The molecule has 0 radical (unpaired) electrons. The van der Waals surface area contributed by atoms with Gasteiger partial charge in [0.05, 0.1) is 10.6 Å². The Bertz CT molecular complexity index is 474. The lowest BCUT2D eigenvalue weighted by Gasteiger charge is -2.21. The van der Waals surface area contributed by atoms with Gasteiger partial charge in [0.2, 0.25) is 0 Å². The molecule has 6 heteroatoms. The molecule has 0 bridgehead atoms. The highest BCUT2D eigenvalue weighted by molar-refractivity contribution is 6.31. The zero-order valence-electron chi connectivity index (χ0n) is 11.5. The monoisotopic (exact) mass is 306 g/mol. The minimum atomic E-state index is -4.41. The summed E-state index contributed by atoms with van der Waals surface area (Å²) >= 11 is 5.63. The van der Waals surface area contributed by atoms with Gasteiger partial charge in [0.25, 0.3) is 0 Å². The summed E-state index contributed by atoms with van der Waals surface area (Å²) in [6, 6.07) is 4.80. The van der Waals surface area contributed by atoms with Crippen LogP contribution in [0.1, 0.15) is 25.8 Å². The van der Waals surface area contributed by atoms with Crippen molar-refractivity contribution in [3.8, 4) is 0 Å². The first kappa shape index (κ1) is 15.4. The average molecular weight is 307 g/mol. The molecule has 112 valence electrons. The Balaban J connectivity index is 2.15. The van der Waals surface area contributed by atoms with Crippen LogP contribution in [0.15, 0.2) is 18.2 Å². The number of nitrogens with one attached hydrogen (secondary N) is 1. The number of halogens is 4. The van der Waals surface area contributed by atoms with E-state index in [2.05, 4.69) is 19.2 Å². The van der Waals surface area contributed by atoms with E-state index in [1.807, 2.05) is 4.90 Å². The Kier molecular flexibility index (Phi) is 4.49. The fourth-order valence-corrected chi connectivity index (χ4v) is 2.75. The minimum Gasteiger partial charge on any atom is -0.370 e. The van der Waals surface area contributed by atoms with Crippen molar-refractivity contribution in [2.75, 3.05) is 18.0 Å². The molecule has 1 heterocycles. The third-order valence-electron chi connectivity index (χ3n) is 3.38. The van der Waals surface area contributed by atoms with Gasteiger partial charge in [0, 0.05) is 30.9 Å². The van der Waals surface area contributed by atoms with Crippen LogP contribution in [0, 0.1) is 0 Å². The zero-order chi connectivity index (χ0) is 14.9. The lowest BCUT2D eigenvalue weighted by Crippen LogP contribution is -2.37. The van der Waals surface area contributed by atoms with Crippen LogP contribution in [0.2, 0.25) is 5.02 Å². The van der Waals surface area contributed by atoms with E-state index in [4.69, 9.17) is 11.6 Å². The number of alkyl halides is 3. The molecule has 1 N–H and O–H groups in total. The molecule has 1 fully saturated rings. The molecule has 1 aliphatic rings. The second-order valence-corrected chi connectivity index (χ2v) is 5.82. The Morgan fingerprint density at radius 3 is 2.65 bits per heavy atom. The molecule has 0 amide bonds. The fraction of sp³-hybridized carbons (Fsp3) is 0.571. The van der Waals surface area contributed by atoms with E-state index in [9.17, 15) is 13.2 Å². The first-order valence-corrected chi connectivity index (χ1v) is 7.03. The van der Waals surface area contributed by atoms with Gasteiger partial charge in [-0.25, -0.2) is 0 Å². The van der Waals surface area contributed by atoms with Gasteiger partial charge in [-0.05, 0) is 24.6 Å². The number of hydrogen-bond donors (Lipinski definition) is 1. The summed E-state index contributed by atoms with van der Waals surface area (Å²) in [5.74, 6) is 0. The third-order valence-corrected chi connectivity index (χ3v) is 3.71. The van der Waals surface area contributed by atoms with Crippen molar-refractivity contribution in [3.05, 3.63) is 28.8 Å². The van der Waals surface area contributed by atoms with Crippen molar-refractivity contribution in [2.24, 2.45) is 0 Å². The quantitative estimate of drug-likeness (QED) is 0.910. The third kappa shape index (κ3) is 3.58. The van der Waals surface area contributed by atoms with Crippen LogP contribution < -0.4 is 10.2 Å². The summed E-state index contributed by atoms with van der Waals surface area (Å²) in [7, 11) is 0. The molecular formula is C14H18ClF3N2. The number of benzene rings is 1. The Morgan fingerprint density at radius 2 is 2.05 bits per heavy atom. The standard InChI is InChI=1S/C14H18ClF3N2/c1-9(2)19-10-5-6-20(8-10)11-3-4-13(15)12(7-11)14(16,17)18/h3-4,7,9-10,19H,5-6,8H2,1-2H3. The van der Waals surface area contributed by atoms with Gasteiger partial charge in [-0.15, -0.1) is 0 Å². The van der Waals surface area contributed by atoms with Crippen LogP contribution in [-0.2, 0) is 6.18 Å². The van der Waals surface area contributed by atoms with Gasteiger partial charge >= 0.3 is 6.18 Å². The lowest BCUT2D eigenvalue weighted by atomic mass is 10.2. The van der Waals surface area contributed by atoms with Crippen molar-refractivity contribution in [3.63, 3.8) is 0 Å². The van der Waals surface area contributed by atoms with Crippen molar-refractivity contribution >= 4 is 17.3 Å². The van der Waals surface area contributed by atoms with Crippen molar-refractivity contribution in [1.82, 2.24) is 5.32 Å². The van der Waals surface area contributed by atoms with Gasteiger partial charge in [0.1, 0.15) is 0 Å². The maximum Gasteiger partial charge on any atom is 0.417 e. The summed E-state index contributed by atoms with van der Waals surface area (Å²) in [5, 5.41) is 3.16. The molecule has 0 aromatic heterocycles. The van der Waals surface area contributed by atoms with Gasteiger partial charge < -0.3 is 10.2 Å². The highest BCUT2D eigenvalue weighted by Crippen LogP contribution is 2.37. The maximum absolute atomic E-state index is 12.8. The van der Waals surface area contributed by atoms with E-state index in [-0.39, 0.29) is 5.02 Å². The maximum atomic E-state index is 12.8. The second kappa shape index (κ2) is 5.82. The van der Waals surface area contributed by atoms with Gasteiger partial charge in [0.15, 0.2) is 0 Å². The van der Waals surface area contributed by atoms with Crippen LogP contribution in [-0.4, -0.2) is 25.2 Å². The summed E-state index contributed by atoms with van der Waals surface area (Å²) in [4.78, 5) is 1.96. The van der Waals surface area contributed by atoms with E-state index in [1.165, 1.54) is 6.07 Å². The van der Waals surface area contributed by atoms with Crippen LogP contribution >= 0.6 is 11.6 Å². The van der Waals surface area contributed by atoms with Gasteiger partial charge in [-0.1, -0.05) is 25.4 Å².